The van der Waals surface area contributed by atoms with Gasteiger partial charge in [-0.05, 0) is 42.2 Å². The minimum atomic E-state index is -0.863. The lowest BCUT2D eigenvalue weighted by Gasteiger charge is -2.23. The van der Waals surface area contributed by atoms with Crippen LogP contribution in [0.3, 0.4) is 0 Å². The van der Waals surface area contributed by atoms with E-state index >= 15 is 0 Å². The maximum atomic E-state index is 13.4. The van der Waals surface area contributed by atoms with Crippen LogP contribution >= 0.6 is 11.8 Å². The van der Waals surface area contributed by atoms with Crippen molar-refractivity contribution in [1.29, 1.82) is 0 Å². The molecule has 12 heteroatoms. The second kappa shape index (κ2) is 13.7. The number of hydrogen-bond donors (Lipinski definition) is 3. The van der Waals surface area contributed by atoms with Gasteiger partial charge >= 0.3 is 0 Å². The SMILES string of the molecule is COc1cc2ccc1OCCn1cc(nn1)CNC(=O)[C@@H](Cc1ccccc1)NC(=O)[C@H](CCSC)NC2=O. The van der Waals surface area contributed by atoms with Gasteiger partial charge in [-0.2, -0.15) is 11.8 Å². The zero-order valence-electron chi connectivity index (χ0n) is 21.9. The number of amides is 3. The molecule has 4 bridgehead atoms. The fraction of sp³-hybridized carbons (Fsp3) is 0.370. The lowest BCUT2D eigenvalue weighted by atomic mass is 10.0. The number of nitrogens with zero attached hydrogens (tertiary/aromatic N) is 3. The van der Waals surface area contributed by atoms with Crippen LogP contribution < -0.4 is 25.4 Å². The quantitative estimate of drug-likeness (QED) is 0.392. The van der Waals surface area contributed by atoms with Crippen LogP contribution in [0.15, 0.2) is 54.7 Å². The highest BCUT2D eigenvalue weighted by atomic mass is 32.2. The van der Waals surface area contributed by atoms with E-state index in [1.54, 1.807) is 40.8 Å². The average molecular weight is 553 g/mol. The van der Waals surface area contributed by atoms with Gasteiger partial charge in [-0.3, -0.25) is 14.4 Å². The van der Waals surface area contributed by atoms with Gasteiger partial charge in [-0.15, -0.1) is 5.10 Å². The standard InChI is InChI=1S/C27H32N6O5S/c1-37-24-15-19-8-9-23(24)38-12-11-33-17-20(31-32-33)16-28-26(35)22(14-18-6-4-3-5-7-18)30-27(36)21(10-13-39-2)29-25(19)34/h3-9,15,17,21-22H,10-14,16H2,1-2H3,(H,28,35)(H,29,34)(H,30,36)/t21-,22+/m0/s1. The fourth-order valence-corrected chi connectivity index (χ4v) is 4.56. The van der Waals surface area contributed by atoms with Crippen molar-refractivity contribution >= 4 is 29.5 Å². The van der Waals surface area contributed by atoms with Crippen molar-refractivity contribution in [1.82, 2.24) is 30.9 Å². The van der Waals surface area contributed by atoms with E-state index in [-0.39, 0.29) is 25.5 Å². The Kier molecular flexibility index (Phi) is 9.79. The lowest BCUT2D eigenvalue weighted by molar-refractivity contribution is -0.130. The number of fused-ring (bicyclic) bond motifs is 12. The summed E-state index contributed by atoms with van der Waals surface area (Å²) in [5, 5.41) is 16.8. The van der Waals surface area contributed by atoms with Crippen LogP contribution in [-0.4, -0.2) is 70.5 Å². The number of carbonyl (C=O) groups excluding carboxylic acids is 3. The molecule has 0 fully saturated rings. The Hall–Kier alpha value is -4.06. The normalized spacial score (nSPS) is 18.6. The third kappa shape index (κ3) is 7.73. The Morgan fingerprint density at radius 3 is 2.67 bits per heavy atom. The number of thioether (sulfide) groups is 1. The fourth-order valence-electron chi connectivity index (χ4n) is 4.08. The molecule has 0 aliphatic carbocycles. The first-order chi connectivity index (χ1) is 19.0. The van der Waals surface area contributed by atoms with Crippen LogP contribution in [0.25, 0.3) is 0 Å². The number of nitrogens with one attached hydrogen (secondary N) is 3. The van der Waals surface area contributed by atoms with Gasteiger partial charge in [-0.25, -0.2) is 4.68 Å². The monoisotopic (exact) mass is 552 g/mol. The lowest BCUT2D eigenvalue weighted by Crippen LogP contribution is -2.54. The van der Waals surface area contributed by atoms with Gasteiger partial charge in [0.2, 0.25) is 11.8 Å². The summed E-state index contributed by atoms with van der Waals surface area (Å²) >= 11 is 1.56. The highest BCUT2D eigenvalue weighted by molar-refractivity contribution is 7.98. The molecular formula is C27H32N6O5S. The Bertz CT molecular complexity index is 1280. The van der Waals surface area contributed by atoms with Gasteiger partial charge in [0.15, 0.2) is 11.5 Å². The molecule has 0 saturated heterocycles. The number of benzene rings is 2. The van der Waals surface area contributed by atoms with E-state index < -0.39 is 23.9 Å². The molecule has 3 N–H and O–H groups in total. The molecule has 1 aromatic heterocycles. The van der Waals surface area contributed by atoms with E-state index in [4.69, 9.17) is 9.47 Å². The molecule has 2 aliphatic rings. The van der Waals surface area contributed by atoms with Gasteiger partial charge in [0.05, 0.1) is 26.4 Å². The van der Waals surface area contributed by atoms with E-state index in [9.17, 15) is 14.4 Å². The number of carbonyl (C=O) groups is 3. The number of rotatable bonds is 6. The van der Waals surface area contributed by atoms with Crippen molar-refractivity contribution in [2.75, 3.05) is 25.7 Å². The van der Waals surface area contributed by atoms with E-state index in [0.29, 0.717) is 41.5 Å². The van der Waals surface area contributed by atoms with Crippen LogP contribution in [0, 0.1) is 0 Å². The number of methoxy groups -OCH3 is 1. The van der Waals surface area contributed by atoms with Crippen molar-refractivity contribution < 1.29 is 23.9 Å². The summed E-state index contributed by atoms with van der Waals surface area (Å²) in [4.78, 5) is 39.9. The summed E-state index contributed by atoms with van der Waals surface area (Å²) in [6.45, 7) is 0.837. The van der Waals surface area contributed by atoms with Crippen molar-refractivity contribution in [2.45, 2.75) is 38.0 Å². The van der Waals surface area contributed by atoms with Crippen LogP contribution in [0.1, 0.15) is 28.0 Å². The second-order valence-electron chi connectivity index (χ2n) is 8.96. The van der Waals surface area contributed by atoms with Crippen LogP contribution in [0.4, 0.5) is 0 Å². The third-order valence-electron chi connectivity index (χ3n) is 6.18. The second-order valence-corrected chi connectivity index (χ2v) is 9.95. The molecule has 0 spiro atoms. The van der Waals surface area contributed by atoms with Crippen LogP contribution in [0.2, 0.25) is 0 Å². The highest BCUT2D eigenvalue weighted by Gasteiger charge is 2.27. The summed E-state index contributed by atoms with van der Waals surface area (Å²) in [5.41, 5.74) is 1.77. The molecule has 3 aromatic rings. The van der Waals surface area contributed by atoms with E-state index in [1.165, 1.54) is 7.11 Å². The van der Waals surface area contributed by atoms with Gasteiger partial charge in [0, 0.05) is 12.0 Å². The molecular weight excluding hydrogens is 520 g/mol. The molecule has 11 nitrogen and oxygen atoms in total. The molecule has 2 atom stereocenters. The van der Waals surface area contributed by atoms with E-state index in [0.717, 1.165) is 5.56 Å². The van der Waals surface area contributed by atoms with Gasteiger partial charge in [0.25, 0.3) is 5.91 Å². The van der Waals surface area contributed by atoms with Gasteiger partial charge < -0.3 is 25.4 Å². The summed E-state index contributed by atoms with van der Waals surface area (Å²) in [5.74, 6) is 0.266. The molecule has 2 aliphatic heterocycles. The molecule has 0 saturated carbocycles. The summed E-state index contributed by atoms with van der Waals surface area (Å²) in [6, 6.07) is 12.6. The molecule has 2 aromatic carbocycles. The molecule has 39 heavy (non-hydrogen) atoms. The highest BCUT2D eigenvalue weighted by Crippen LogP contribution is 2.28. The average Bonchev–Trinajstić information content (AvgIpc) is 3.41. The maximum absolute atomic E-state index is 13.4. The van der Waals surface area contributed by atoms with Crippen molar-refractivity contribution in [3.05, 3.63) is 71.5 Å². The van der Waals surface area contributed by atoms with Crippen molar-refractivity contribution in [2.24, 2.45) is 0 Å². The van der Waals surface area contributed by atoms with E-state index in [1.807, 2.05) is 36.6 Å². The zero-order chi connectivity index (χ0) is 27.6. The predicted molar refractivity (Wildman–Crippen MR) is 147 cm³/mol. The molecule has 3 amide bonds. The van der Waals surface area contributed by atoms with E-state index in [2.05, 4.69) is 26.3 Å². The summed E-state index contributed by atoms with van der Waals surface area (Å²) in [7, 11) is 1.49. The largest absolute Gasteiger partial charge is 0.493 e. The Labute approximate surface area is 231 Å². The molecule has 3 heterocycles. The maximum Gasteiger partial charge on any atom is 0.252 e. The van der Waals surface area contributed by atoms with Crippen LogP contribution in [0.5, 0.6) is 11.5 Å². The first-order valence-electron chi connectivity index (χ1n) is 12.6. The Morgan fingerprint density at radius 1 is 1.08 bits per heavy atom. The topological polar surface area (TPSA) is 136 Å². The minimum absolute atomic E-state index is 0.141. The first-order valence-corrected chi connectivity index (χ1v) is 14.0. The zero-order valence-corrected chi connectivity index (χ0v) is 22.7. The van der Waals surface area contributed by atoms with Crippen LogP contribution in [-0.2, 0) is 29.1 Å². The van der Waals surface area contributed by atoms with Crippen molar-refractivity contribution in [3.63, 3.8) is 0 Å². The minimum Gasteiger partial charge on any atom is -0.493 e. The Balaban J connectivity index is 1.64. The van der Waals surface area contributed by atoms with Crippen molar-refractivity contribution in [3.8, 4) is 11.5 Å². The first kappa shape index (κ1) is 28.0. The molecule has 0 unspecified atom stereocenters. The van der Waals surface area contributed by atoms with Gasteiger partial charge in [-0.1, -0.05) is 35.5 Å². The molecule has 0 radical (unpaired) electrons. The smallest absolute Gasteiger partial charge is 0.252 e. The predicted octanol–water partition coefficient (Wildman–Crippen LogP) is 1.57. The Morgan fingerprint density at radius 2 is 1.90 bits per heavy atom. The number of hydrogen-bond acceptors (Lipinski definition) is 8. The number of aromatic nitrogens is 3. The van der Waals surface area contributed by atoms with Gasteiger partial charge in [0.1, 0.15) is 24.4 Å². The summed E-state index contributed by atoms with van der Waals surface area (Å²) < 4.78 is 12.9. The number of ether oxygens (including phenoxy) is 2. The third-order valence-corrected chi connectivity index (χ3v) is 6.83. The molecule has 5 rings (SSSR count). The summed E-state index contributed by atoms with van der Waals surface area (Å²) in [6.07, 6.45) is 4.32. The molecule has 206 valence electrons.